The van der Waals surface area contributed by atoms with Gasteiger partial charge in [0.1, 0.15) is 0 Å². The summed E-state index contributed by atoms with van der Waals surface area (Å²) in [5.41, 5.74) is 5.74. The maximum Gasteiger partial charge on any atom is 0.275 e. The van der Waals surface area contributed by atoms with Crippen LogP contribution in [0.25, 0.3) is 0 Å². The van der Waals surface area contributed by atoms with Gasteiger partial charge < -0.3 is 15.7 Å². The Morgan fingerprint density at radius 3 is 3.00 bits per heavy atom. The molecule has 7 heteroatoms. The molecule has 0 spiro atoms. The lowest BCUT2D eigenvalue weighted by Gasteiger charge is -2.34. The number of aliphatic hydroxyl groups is 1. The van der Waals surface area contributed by atoms with Gasteiger partial charge in [0.15, 0.2) is 5.69 Å². The van der Waals surface area contributed by atoms with Gasteiger partial charge in [0.25, 0.3) is 5.91 Å². The molecule has 2 rings (SSSR count). The molecule has 0 unspecified atom stereocenters. The highest BCUT2D eigenvalue weighted by Crippen LogP contribution is 2.27. The Bertz CT molecular complexity index is 413. The maximum atomic E-state index is 12.0. The quantitative estimate of drug-likeness (QED) is 0.707. The standard InChI is InChI=1S/C11H19N5O2/c1-15(6-8-4-9(17)5-8)11(18)10-7-16(3-2-12)14-13-10/h7-9,17H,2-6,12H2,1H3. The summed E-state index contributed by atoms with van der Waals surface area (Å²) in [4.78, 5) is 13.7. The lowest BCUT2D eigenvalue weighted by atomic mass is 9.82. The SMILES string of the molecule is CN(CC1CC(O)C1)C(=O)c1cn(CCN)nn1. The molecule has 3 N–H and O–H groups in total. The average molecular weight is 253 g/mol. The number of carbonyl (C=O) groups excluding carboxylic acids is 1. The largest absolute Gasteiger partial charge is 0.393 e. The van der Waals surface area contributed by atoms with Crippen LogP contribution < -0.4 is 5.73 Å². The highest BCUT2D eigenvalue weighted by Gasteiger charge is 2.29. The fraction of sp³-hybridized carbons (Fsp3) is 0.727. The summed E-state index contributed by atoms with van der Waals surface area (Å²) >= 11 is 0. The molecular weight excluding hydrogens is 234 g/mol. The van der Waals surface area contributed by atoms with E-state index in [9.17, 15) is 9.90 Å². The first-order valence-corrected chi connectivity index (χ1v) is 6.14. The number of hydrogen-bond donors (Lipinski definition) is 2. The van der Waals surface area contributed by atoms with Crippen molar-refractivity contribution in [1.82, 2.24) is 19.9 Å². The Kier molecular flexibility index (Phi) is 3.93. The number of aliphatic hydroxyl groups excluding tert-OH is 1. The van der Waals surface area contributed by atoms with Crippen LogP contribution in [-0.2, 0) is 6.54 Å². The van der Waals surface area contributed by atoms with E-state index in [1.165, 1.54) is 0 Å². The van der Waals surface area contributed by atoms with Crippen molar-refractivity contribution in [3.05, 3.63) is 11.9 Å². The number of amides is 1. The highest BCUT2D eigenvalue weighted by molar-refractivity contribution is 5.91. The Balaban J connectivity index is 1.88. The minimum absolute atomic E-state index is 0.139. The van der Waals surface area contributed by atoms with E-state index in [-0.39, 0.29) is 12.0 Å². The molecule has 0 saturated heterocycles. The Morgan fingerprint density at radius 1 is 1.67 bits per heavy atom. The summed E-state index contributed by atoms with van der Waals surface area (Å²) in [6, 6.07) is 0. The van der Waals surface area contributed by atoms with Gasteiger partial charge >= 0.3 is 0 Å². The first kappa shape index (κ1) is 13.0. The fourth-order valence-corrected chi connectivity index (χ4v) is 2.15. The lowest BCUT2D eigenvalue weighted by molar-refractivity contribution is 0.0264. The number of hydrogen-bond acceptors (Lipinski definition) is 5. The second-order valence-electron chi connectivity index (χ2n) is 4.83. The molecule has 0 atom stereocenters. The van der Waals surface area contributed by atoms with Crippen molar-refractivity contribution < 1.29 is 9.90 Å². The van der Waals surface area contributed by atoms with E-state index in [1.54, 1.807) is 22.8 Å². The van der Waals surface area contributed by atoms with Gasteiger partial charge in [-0.3, -0.25) is 9.48 Å². The van der Waals surface area contributed by atoms with Gasteiger partial charge in [0, 0.05) is 20.1 Å². The maximum absolute atomic E-state index is 12.0. The van der Waals surface area contributed by atoms with Crippen LogP contribution in [0.4, 0.5) is 0 Å². The molecule has 100 valence electrons. The third-order valence-electron chi connectivity index (χ3n) is 3.21. The summed E-state index contributed by atoms with van der Waals surface area (Å²) in [5.74, 6) is 0.257. The van der Waals surface area contributed by atoms with Crippen molar-refractivity contribution in [2.45, 2.75) is 25.5 Å². The van der Waals surface area contributed by atoms with E-state index in [0.29, 0.717) is 31.2 Å². The summed E-state index contributed by atoms with van der Waals surface area (Å²) in [7, 11) is 1.75. The Morgan fingerprint density at radius 2 is 2.39 bits per heavy atom. The molecular formula is C11H19N5O2. The zero-order valence-corrected chi connectivity index (χ0v) is 10.5. The summed E-state index contributed by atoms with van der Waals surface area (Å²) < 4.78 is 1.56. The Labute approximate surface area is 106 Å². The van der Waals surface area contributed by atoms with Gasteiger partial charge in [-0.05, 0) is 18.8 Å². The van der Waals surface area contributed by atoms with Crippen LogP contribution in [0.15, 0.2) is 6.20 Å². The van der Waals surface area contributed by atoms with E-state index in [1.807, 2.05) is 0 Å². The Hall–Kier alpha value is -1.47. The molecule has 1 aromatic rings. The zero-order chi connectivity index (χ0) is 13.1. The van der Waals surface area contributed by atoms with Gasteiger partial charge in [0.05, 0.1) is 18.8 Å². The molecule has 1 amide bonds. The third kappa shape index (κ3) is 2.85. The van der Waals surface area contributed by atoms with Crippen LogP contribution in [0.5, 0.6) is 0 Å². The van der Waals surface area contributed by atoms with Crippen molar-refractivity contribution in [3.63, 3.8) is 0 Å². The van der Waals surface area contributed by atoms with E-state index < -0.39 is 0 Å². The number of rotatable bonds is 5. The summed E-state index contributed by atoms with van der Waals surface area (Å²) in [6.45, 7) is 1.67. The monoisotopic (exact) mass is 253 g/mol. The number of carbonyl (C=O) groups is 1. The predicted molar refractivity (Wildman–Crippen MR) is 64.8 cm³/mol. The first-order chi connectivity index (χ1) is 8.60. The molecule has 1 heterocycles. The second kappa shape index (κ2) is 5.45. The van der Waals surface area contributed by atoms with Gasteiger partial charge in [0.2, 0.25) is 0 Å². The van der Waals surface area contributed by atoms with Crippen LogP contribution in [-0.4, -0.2) is 57.1 Å². The minimum Gasteiger partial charge on any atom is -0.393 e. The molecule has 1 fully saturated rings. The molecule has 1 aliphatic rings. The number of aromatic nitrogens is 3. The summed E-state index contributed by atoms with van der Waals surface area (Å²) in [6.07, 6.45) is 2.97. The van der Waals surface area contributed by atoms with E-state index in [2.05, 4.69) is 10.3 Å². The van der Waals surface area contributed by atoms with Gasteiger partial charge in [-0.2, -0.15) is 0 Å². The average Bonchev–Trinajstić information content (AvgIpc) is 2.75. The van der Waals surface area contributed by atoms with Crippen molar-refractivity contribution in [2.75, 3.05) is 20.1 Å². The zero-order valence-electron chi connectivity index (χ0n) is 10.5. The van der Waals surface area contributed by atoms with Crippen LogP contribution >= 0.6 is 0 Å². The molecule has 18 heavy (non-hydrogen) atoms. The van der Waals surface area contributed by atoms with E-state index in [0.717, 1.165) is 12.8 Å². The van der Waals surface area contributed by atoms with Crippen molar-refractivity contribution in [2.24, 2.45) is 11.7 Å². The molecule has 1 aliphatic carbocycles. The molecule has 1 aromatic heterocycles. The topological polar surface area (TPSA) is 97.3 Å². The normalized spacial score (nSPS) is 22.6. The second-order valence-corrected chi connectivity index (χ2v) is 4.83. The van der Waals surface area contributed by atoms with Crippen molar-refractivity contribution in [3.8, 4) is 0 Å². The molecule has 0 aliphatic heterocycles. The predicted octanol–water partition coefficient (Wildman–Crippen LogP) is -0.920. The molecule has 0 radical (unpaired) electrons. The third-order valence-corrected chi connectivity index (χ3v) is 3.21. The first-order valence-electron chi connectivity index (χ1n) is 6.14. The number of nitrogens with zero attached hydrogens (tertiary/aromatic N) is 4. The van der Waals surface area contributed by atoms with Gasteiger partial charge in [-0.1, -0.05) is 5.21 Å². The smallest absolute Gasteiger partial charge is 0.275 e. The van der Waals surface area contributed by atoms with Crippen LogP contribution in [0, 0.1) is 5.92 Å². The van der Waals surface area contributed by atoms with Crippen LogP contribution in [0.1, 0.15) is 23.3 Å². The van der Waals surface area contributed by atoms with Crippen LogP contribution in [0.2, 0.25) is 0 Å². The lowest BCUT2D eigenvalue weighted by Crippen LogP contribution is -2.39. The van der Waals surface area contributed by atoms with E-state index in [4.69, 9.17) is 5.73 Å². The molecule has 7 nitrogen and oxygen atoms in total. The van der Waals surface area contributed by atoms with Crippen molar-refractivity contribution in [1.29, 1.82) is 0 Å². The molecule has 0 bridgehead atoms. The van der Waals surface area contributed by atoms with Gasteiger partial charge in [-0.15, -0.1) is 5.10 Å². The summed E-state index contributed by atoms with van der Waals surface area (Å²) in [5, 5.41) is 16.9. The van der Waals surface area contributed by atoms with Gasteiger partial charge in [-0.25, -0.2) is 0 Å². The van der Waals surface area contributed by atoms with E-state index >= 15 is 0 Å². The van der Waals surface area contributed by atoms with Crippen LogP contribution in [0.3, 0.4) is 0 Å². The van der Waals surface area contributed by atoms with Crippen molar-refractivity contribution >= 4 is 5.91 Å². The highest BCUT2D eigenvalue weighted by atomic mass is 16.3. The molecule has 1 saturated carbocycles. The fourth-order valence-electron chi connectivity index (χ4n) is 2.15. The molecule has 0 aromatic carbocycles. The minimum atomic E-state index is -0.191. The number of nitrogens with two attached hydrogens (primary N) is 1.